The van der Waals surface area contributed by atoms with Crippen molar-refractivity contribution in [3.05, 3.63) is 29.8 Å². The van der Waals surface area contributed by atoms with Gasteiger partial charge in [-0.05, 0) is 13.0 Å². The average Bonchev–Trinajstić information content (AvgIpc) is 2.46. The number of halogens is 1. The molecule has 1 amide bonds. The predicted octanol–water partition coefficient (Wildman–Crippen LogP) is 0.891. The van der Waals surface area contributed by atoms with E-state index in [4.69, 9.17) is 5.26 Å². The number of carbonyl (C=O) groups excluding carboxylic acids is 1. The van der Waals surface area contributed by atoms with Gasteiger partial charge in [0.1, 0.15) is 5.82 Å². The lowest BCUT2D eigenvalue weighted by Gasteiger charge is -2.35. The molecule has 19 heavy (non-hydrogen) atoms. The van der Waals surface area contributed by atoms with Crippen molar-refractivity contribution in [2.24, 2.45) is 0 Å². The quantitative estimate of drug-likeness (QED) is 0.794. The third kappa shape index (κ3) is 3.06. The molecule has 1 aromatic heterocycles. The van der Waals surface area contributed by atoms with Crippen LogP contribution >= 0.6 is 0 Å². The Bertz CT molecular complexity index is 506. The summed E-state index contributed by atoms with van der Waals surface area (Å²) in [5, 5.41) is 8.85. The van der Waals surface area contributed by atoms with Gasteiger partial charge < -0.3 is 4.90 Å². The van der Waals surface area contributed by atoms with Crippen LogP contribution in [0.15, 0.2) is 18.5 Å². The summed E-state index contributed by atoms with van der Waals surface area (Å²) in [7, 11) is 0. The van der Waals surface area contributed by atoms with Gasteiger partial charge in [0.05, 0.1) is 23.9 Å². The number of rotatable bonds is 2. The van der Waals surface area contributed by atoms with Crippen molar-refractivity contribution >= 4 is 5.91 Å². The van der Waals surface area contributed by atoms with E-state index in [2.05, 4.69) is 11.1 Å². The zero-order valence-electron chi connectivity index (χ0n) is 10.7. The fourth-order valence-corrected chi connectivity index (χ4v) is 2.11. The molecule has 1 aromatic rings. The Morgan fingerprint density at radius 3 is 2.68 bits per heavy atom. The Kier molecular flexibility index (Phi) is 4.07. The molecule has 2 heterocycles. The number of hydrogen-bond acceptors (Lipinski definition) is 4. The highest BCUT2D eigenvalue weighted by atomic mass is 19.1. The molecule has 0 saturated carbocycles. The molecule has 1 atom stereocenters. The van der Waals surface area contributed by atoms with Crippen molar-refractivity contribution in [1.29, 1.82) is 5.26 Å². The van der Waals surface area contributed by atoms with Crippen LogP contribution in [0.3, 0.4) is 0 Å². The first kappa shape index (κ1) is 13.4. The van der Waals surface area contributed by atoms with Gasteiger partial charge >= 0.3 is 0 Å². The standard InChI is InChI=1S/C13H15FN4O/c1-10(7-15)17-2-4-18(5-3-17)13(19)11-6-12(14)9-16-8-11/h6,8-10H,2-5H2,1H3. The van der Waals surface area contributed by atoms with E-state index in [1.807, 2.05) is 11.8 Å². The molecule has 1 unspecified atom stereocenters. The molecule has 0 aliphatic carbocycles. The summed E-state index contributed by atoms with van der Waals surface area (Å²) < 4.78 is 13.0. The van der Waals surface area contributed by atoms with Crippen molar-refractivity contribution in [2.75, 3.05) is 26.2 Å². The molecular weight excluding hydrogens is 247 g/mol. The first-order valence-electron chi connectivity index (χ1n) is 6.15. The second-order valence-corrected chi connectivity index (χ2v) is 4.53. The van der Waals surface area contributed by atoms with Crippen LogP contribution in [-0.4, -0.2) is 52.9 Å². The fraction of sp³-hybridized carbons (Fsp3) is 0.462. The summed E-state index contributed by atoms with van der Waals surface area (Å²) in [4.78, 5) is 19.5. The summed E-state index contributed by atoms with van der Waals surface area (Å²) in [6, 6.07) is 3.23. The summed E-state index contributed by atoms with van der Waals surface area (Å²) in [5.41, 5.74) is 0.266. The van der Waals surface area contributed by atoms with Crippen molar-refractivity contribution in [2.45, 2.75) is 13.0 Å². The summed E-state index contributed by atoms with van der Waals surface area (Å²) >= 11 is 0. The van der Waals surface area contributed by atoms with Gasteiger partial charge in [0.25, 0.3) is 5.91 Å². The molecule has 1 aliphatic rings. The minimum atomic E-state index is -0.511. The summed E-state index contributed by atoms with van der Waals surface area (Å²) in [5.74, 6) is -0.723. The van der Waals surface area contributed by atoms with E-state index in [0.717, 1.165) is 6.20 Å². The highest BCUT2D eigenvalue weighted by molar-refractivity contribution is 5.94. The number of piperazine rings is 1. The molecule has 0 radical (unpaired) electrons. The van der Waals surface area contributed by atoms with Crippen molar-refractivity contribution in [3.8, 4) is 6.07 Å². The van der Waals surface area contributed by atoms with Gasteiger partial charge in [0.15, 0.2) is 0 Å². The maximum Gasteiger partial charge on any atom is 0.255 e. The van der Waals surface area contributed by atoms with Crippen LogP contribution in [0.2, 0.25) is 0 Å². The Hall–Kier alpha value is -2.00. The Balaban J connectivity index is 1.98. The van der Waals surface area contributed by atoms with Crippen LogP contribution in [0, 0.1) is 17.1 Å². The number of pyridine rings is 1. The largest absolute Gasteiger partial charge is 0.336 e. The van der Waals surface area contributed by atoms with E-state index in [1.165, 1.54) is 12.3 Å². The molecule has 2 rings (SSSR count). The number of aromatic nitrogens is 1. The zero-order chi connectivity index (χ0) is 13.8. The fourth-order valence-electron chi connectivity index (χ4n) is 2.11. The Morgan fingerprint density at radius 2 is 2.11 bits per heavy atom. The lowest BCUT2D eigenvalue weighted by Crippen LogP contribution is -2.51. The zero-order valence-corrected chi connectivity index (χ0v) is 10.7. The van der Waals surface area contributed by atoms with Crippen LogP contribution in [0.4, 0.5) is 4.39 Å². The van der Waals surface area contributed by atoms with Crippen molar-refractivity contribution < 1.29 is 9.18 Å². The number of carbonyl (C=O) groups is 1. The predicted molar refractivity (Wildman–Crippen MR) is 66.7 cm³/mol. The lowest BCUT2D eigenvalue weighted by molar-refractivity contribution is 0.0615. The third-order valence-corrected chi connectivity index (χ3v) is 3.29. The molecule has 6 heteroatoms. The maximum absolute atomic E-state index is 13.0. The molecule has 1 aliphatic heterocycles. The molecule has 0 spiro atoms. The first-order valence-corrected chi connectivity index (χ1v) is 6.15. The summed E-state index contributed by atoms with van der Waals surface area (Å²) in [6.45, 7) is 4.24. The van der Waals surface area contributed by atoms with Crippen LogP contribution in [0.5, 0.6) is 0 Å². The van der Waals surface area contributed by atoms with Gasteiger partial charge in [-0.25, -0.2) is 4.39 Å². The SMILES string of the molecule is CC(C#N)N1CCN(C(=O)c2cncc(F)c2)CC1. The van der Waals surface area contributed by atoms with Crippen LogP contribution in [0.1, 0.15) is 17.3 Å². The highest BCUT2D eigenvalue weighted by Gasteiger charge is 2.24. The van der Waals surface area contributed by atoms with Gasteiger partial charge in [0.2, 0.25) is 0 Å². The van der Waals surface area contributed by atoms with E-state index in [1.54, 1.807) is 4.90 Å². The topological polar surface area (TPSA) is 60.2 Å². The van der Waals surface area contributed by atoms with E-state index < -0.39 is 5.82 Å². The van der Waals surface area contributed by atoms with Crippen LogP contribution in [-0.2, 0) is 0 Å². The van der Waals surface area contributed by atoms with Gasteiger partial charge in [-0.15, -0.1) is 0 Å². The summed E-state index contributed by atoms with van der Waals surface area (Å²) in [6.07, 6.45) is 2.44. The Labute approximate surface area is 111 Å². The number of amides is 1. The number of hydrogen-bond donors (Lipinski definition) is 0. The average molecular weight is 262 g/mol. The molecule has 5 nitrogen and oxygen atoms in total. The number of nitriles is 1. The van der Waals surface area contributed by atoms with Gasteiger partial charge in [-0.2, -0.15) is 5.26 Å². The molecule has 0 aromatic carbocycles. The van der Waals surface area contributed by atoms with Gasteiger partial charge in [-0.1, -0.05) is 0 Å². The molecule has 0 N–H and O–H groups in total. The van der Waals surface area contributed by atoms with E-state index in [9.17, 15) is 9.18 Å². The highest BCUT2D eigenvalue weighted by Crippen LogP contribution is 2.10. The van der Waals surface area contributed by atoms with E-state index in [0.29, 0.717) is 26.2 Å². The number of nitrogens with zero attached hydrogens (tertiary/aromatic N) is 4. The first-order chi connectivity index (χ1) is 9.11. The van der Waals surface area contributed by atoms with Gasteiger partial charge in [-0.3, -0.25) is 14.7 Å². The molecule has 1 saturated heterocycles. The lowest BCUT2D eigenvalue weighted by atomic mass is 10.2. The van der Waals surface area contributed by atoms with Gasteiger partial charge in [0, 0.05) is 32.4 Å². The third-order valence-electron chi connectivity index (χ3n) is 3.29. The van der Waals surface area contributed by atoms with E-state index in [-0.39, 0.29) is 17.5 Å². The van der Waals surface area contributed by atoms with Crippen molar-refractivity contribution in [1.82, 2.24) is 14.8 Å². The van der Waals surface area contributed by atoms with Crippen LogP contribution in [0.25, 0.3) is 0 Å². The molecule has 0 bridgehead atoms. The Morgan fingerprint density at radius 1 is 1.42 bits per heavy atom. The minimum Gasteiger partial charge on any atom is -0.336 e. The maximum atomic E-state index is 13.0. The second-order valence-electron chi connectivity index (χ2n) is 4.53. The minimum absolute atomic E-state index is 0.145. The van der Waals surface area contributed by atoms with Crippen molar-refractivity contribution in [3.63, 3.8) is 0 Å². The van der Waals surface area contributed by atoms with E-state index >= 15 is 0 Å². The molecular formula is C13H15FN4O. The normalized spacial score (nSPS) is 17.8. The smallest absolute Gasteiger partial charge is 0.255 e. The second kappa shape index (κ2) is 5.76. The van der Waals surface area contributed by atoms with Crippen LogP contribution < -0.4 is 0 Å². The molecule has 1 fully saturated rings. The monoisotopic (exact) mass is 262 g/mol. The molecule has 100 valence electrons.